The number of rotatable bonds is 23. The van der Waals surface area contributed by atoms with Gasteiger partial charge in [0.2, 0.25) is 0 Å². The fraction of sp³-hybridized carbons (Fsp3) is 1.00. The average Bonchev–Trinajstić information content (AvgIpc) is 2.64. The minimum atomic E-state index is 0. The van der Waals surface area contributed by atoms with Gasteiger partial charge in [0.15, 0.2) is 0 Å². The van der Waals surface area contributed by atoms with E-state index in [0.717, 1.165) is 8.97 Å². The molecule has 0 aliphatic rings. The second-order valence-electron chi connectivity index (χ2n) is 12.1. The first-order valence-electron chi connectivity index (χ1n) is 13.8. The van der Waals surface area contributed by atoms with Crippen molar-refractivity contribution in [2.45, 2.75) is 128 Å². The van der Waals surface area contributed by atoms with Crippen LogP contribution in [0.15, 0.2) is 0 Å². The number of hydrogen-bond acceptors (Lipinski definition) is 0. The monoisotopic (exact) mass is 496 g/mol. The van der Waals surface area contributed by atoms with Crippen LogP contribution in [0.2, 0.25) is 0 Å². The largest absolute Gasteiger partial charge is 1.00 e. The fourth-order valence-corrected chi connectivity index (χ4v) is 4.35. The molecule has 0 aromatic rings. The van der Waals surface area contributed by atoms with Crippen LogP contribution in [-0.2, 0) is 0 Å². The Morgan fingerprint density at radius 1 is 0.250 bits per heavy atom. The lowest BCUT2D eigenvalue weighted by Crippen LogP contribution is -3.00. The lowest BCUT2D eigenvalue weighted by molar-refractivity contribution is -0.870. The second-order valence-corrected chi connectivity index (χ2v) is 12.1. The predicted molar refractivity (Wildman–Crippen MR) is 138 cm³/mol. The molecule has 4 heteroatoms. The molecular formula is C28H62Cl2N2. The molecule has 0 fully saturated rings. The normalized spacial score (nSPS) is 11.8. The van der Waals surface area contributed by atoms with Crippen LogP contribution in [0.3, 0.4) is 0 Å². The zero-order valence-corrected chi connectivity index (χ0v) is 24.7. The van der Waals surface area contributed by atoms with Gasteiger partial charge in [-0.05, 0) is 25.7 Å². The average molecular weight is 498 g/mol. The molecule has 0 amide bonds. The van der Waals surface area contributed by atoms with Gasteiger partial charge in [0.1, 0.15) is 0 Å². The van der Waals surface area contributed by atoms with Gasteiger partial charge >= 0.3 is 0 Å². The Bertz CT molecular complexity index is 314. The molecule has 0 rings (SSSR count). The van der Waals surface area contributed by atoms with Crippen molar-refractivity contribution < 1.29 is 33.8 Å². The number of unbranched alkanes of at least 4 members (excludes halogenated alkanes) is 19. The summed E-state index contributed by atoms with van der Waals surface area (Å²) in [6.07, 6.45) is 29.3. The van der Waals surface area contributed by atoms with E-state index in [2.05, 4.69) is 42.3 Å². The van der Waals surface area contributed by atoms with Crippen LogP contribution in [-0.4, -0.2) is 64.3 Å². The van der Waals surface area contributed by atoms with E-state index >= 15 is 0 Å². The first-order valence-corrected chi connectivity index (χ1v) is 13.8. The molecule has 0 aliphatic heterocycles. The number of quaternary nitrogens is 2. The molecule has 2 nitrogen and oxygen atoms in total. The third-order valence-electron chi connectivity index (χ3n) is 6.41. The fourth-order valence-electron chi connectivity index (χ4n) is 4.35. The smallest absolute Gasteiger partial charge is 0.0780 e. The van der Waals surface area contributed by atoms with E-state index in [-0.39, 0.29) is 24.8 Å². The SMILES string of the molecule is C[N+](C)(C)CCCCCCCCCCCCCCCCCCCCCC[N+](C)(C)C.[Cl-].[Cl-]. The van der Waals surface area contributed by atoms with Gasteiger partial charge in [-0.1, -0.05) is 103 Å². The molecule has 0 N–H and O–H groups in total. The van der Waals surface area contributed by atoms with E-state index in [1.54, 1.807) is 0 Å². The molecule has 0 bridgehead atoms. The zero-order valence-electron chi connectivity index (χ0n) is 23.2. The standard InChI is InChI=1S/C28H62N2.2ClH/c1-29(2,3)27-25-23-21-19-17-15-13-11-9-7-8-10-12-14-16-18-20-22-24-26-28-30(4,5)6;;/h7-28H2,1-6H3;2*1H/q+2;;/p-2. The number of halogens is 2. The van der Waals surface area contributed by atoms with Crippen LogP contribution in [0.1, 0.15) is 128 Å². The molecule has 0 unspecified atom stereocenters. The summed E-state index contributed by atoms with van der Waals surface area (Å²) in [7, 11) is 13.8. The quantitative estimate of drug-likeness (QED) is 0.150. The summed E-state index contributed by atoms with van der Waals surface area (Å²) in [4.78, 5) is 0. The Morgan fingerprint density at radius 2 is 0.375 bits per heavy atom. The van der Waals surface area contributed by atoms with Gasteiger partial charge < -0.3 is 33.8 Å². The minimum Gasteiger partial charge on any atom is -1.00 e. The van der Waals surface area contributed by atoms with Gasteiger partial charge in [-0.25, -0.2) is 0 Å². The van der Waals surface area contributed by atoms with Gasteiger partial charge in [-0.15, -0.1) is 0 Å². The summed E-state index contributed by atoms with van der Waals surface area (Å²) in [6.45, 7) is 2.66. The van der Waals surface area contributed by atoms with E-state index in [0.29, 0.717) is 0 Å². The molecule has 0 aromatic carbocycles. The maximum Gasteiger partial charge on any atom is 0.0780 e. The highest BCUT2D eigenvalue weighted by molar-refractivity contribution is 4.51. The molecule has 0 aromatic heterocycles. The summed E-state index contributed by atoms with van der Waals surface area (Å²) in [5.41, 5.74) is 0. The van der Waals surface area contributed by atoms with Crippen molar-refractivity contribution in [2.75, 3.05) is 55.4 Å². The molecule has 0 saturated heterocycles. The summed E-state index contributed by atoms with van der Waals surface area (Å²) < 4.78 is 2.25. The maximum absolute atomic E-state index is 2.30. The molecule has 0 radical (unpaired) electrons. The Labute approximate surface area is 217 Å². The molecule has 0 aliphatic carbocycles. The molecule has 198 valence electrons. The van der Waals surface area contributed by atoms with Gasteiger partial charge in [0, 0.05) is 0 Å². The van der Waals surface area contributed by atoms with Gasteiger partial charge in [-0.3, -0.25) is 0 Å². The predicted octanol–water partition coefficient (Wildman–Crippen LogP) is 2.21. The van der Waals surface area contributed by atoms with Gasteiger partial charge in [-0.2, -0.15) is 0 Å². The van der Waals surface area contributed by atoms with Gasteiger partial charge in [0.25, 0.3) is 0 Å². The van der Waals surface area contributed by atoms with Crippen molar-refractivity contribution in [3.05, 3.63) is 0 Å². The summed E-state index contributed by atoms with van der Waals surface area (Å²) in [5, 5.41) is 0. The van der Waals surface area contributed by atoms with Gasteiger partial charge in [0.05, 0.1) is 55.4 Å². The van der Waals surface area contributed by atoms with Crippen molar-refractivity contribution in [2.24, 2.45) is 0 Å². The Hall–Kier alpha value is 0.500. The van der Waals surface area contributed by atoms with Crippen LogP contribution in [0.5, 0.6) is 0 Å². The Balaban J connectivity index is -0.00000420. The van der Waals surface area contributed by atoms with Crippen LogP contribution < -0.4 is 24.8 Å². The first-order chi connectivity index (χ1) is 14.2. The molecule has 0 heterocycles. The van der Waals surface area contributed by atoms with E-state index in [4.69, 9.17) is 0 Å². The van der Waals surface area contributed by atoms with E-state index in [1.807, 2.05) is 0 Å². The van der Waals surface area contributed by atoms with E-state index in [1.165, 1.54) is 142 Å². The maximum atomic E-state index is 2.30. The third-order valence-corrected chi connectivity index (χ3v) is 6.41. The zero-order chi connectivity index (χ0) is 22.6. The van der Waals surface area contributed by atoms with E-state index in [9.17, 15) is 0 Å². The van der Waals surface area contributed by atoms with Crippen LogP contribution >= 0.6 is 0 Å². The molecule has 0 spiro atoms. The van der Waals surface area contributed by atoms with Crippen LogP contribution in [0, 0.1) is 0 Å². The van der Waals surface area contributed by atoms with Crippen LogP contribution in [0.4, 0.5) is 0 Å². The lowest BCUT2D eigenvalue weighted by Gasteiger charge is -2.23. The highest BCUT2D eigenvalue weighted by atomic mass is 35.5. The minimum absolute atomic E-state index is 0. The Kier molecular flexibility index (Phi) is 28.5. The topological polar surface area (TPSA) is 0 Å². The summed E-state index contributed by atoms with van der Waals surface area (Å²) in [5.74, 6) is 0. The highest BCUT2D eigenvalue weighted by Crippen LogP contribution is 2.15. The lowest BCUT2D eigenvalue weighted by atomic mass is 10.0. The molecule has 0 atom stereocenters. The molecular weight excluding hydrogens is 435 g/mol. The Morgan fingerprint density at radius 3 is 0.500 bits per heavy atom. The third kappa shape index (κ3) is 35.1. The summed E-state index contributed by atoms with van der Waals surface area (Å²) >= 11 is 0. The van der Waals surface area contributed by atoms with E-state index < -0.39 is 0 Å². The van der Waals surface area contributed by atoms with Crippen molar-refractivity contribution >= 4 is 0 Å². The summed E-state index contributed by atoms with van der Waals surface area (Å²) in [6, 6.07) is 0. The number of nitrogens with zero attached hydrogens (tertiary/aromatic N) is 2. The second kappa shape index (κ2) is 24.6. The van der Waals surface area contributed by atoms with Crippen molar-refractivity contribution in [1.82, 2.24) is 0 Å². The van der Waals surface area contributed by atoms with Crippen LogP contribution in [0.25, 0.3) is 0 Å². The van der Waals surface area contributed by atoms with Crippen molar-refractivity contribution in [1.29, 1.82) is 0 Å². The first kappa shape index (κ1) is 37.1. The van der Waals surface area contributed by atoms with Crippen molar-refractivity contribution in [3.8, 4) is 0 Å². The number of hydrogen-bond donors (Lipinski definition) is 0. The van der Waals surface area contributed by atoms with Crippen molar-refractivity contribution in [3.63, 3.8) is 0 Å². The highest BCUT2D eigenvalue weighted by Gasteiger charge is 2.05. The molecule has 32 heavy (non-hydrogen) atoms. The molecule has 0 saturated carbocycles.